The van der Waals surface area contributed by atoms with Gasteiger partial charge >= 0.3 is 0 Å². The zero-order valence-corrected chi connectivity index (χ0v) is 14.3. The third kappa shape index (κ3) is 4.23. The number of likely N-dealkylation sites (tertiary alicyclic amines) is 1. The summed E-state index contributed by atoms with van der Waals surface area (Å²) >= 11 is 0. The van der Waals surface area contributed by atoms with Crippen molar-refractivity contribution >= 4 is 11.7 Å². The zero-order chi connectivity index (χ0) is 16.8. The smallest absolute Gasteiger partial charge is 0.229 e. The van der Waals surface area contributed by atoms with Crippen LogP contribution in [-0.4, -0.2) is 33.7 Å². The van der Waals surface area contributed by atoms with Gasteiger partial charge in [-0.25, -0.2) is 4.68 Å². The molecule has 1 atom stereocenters. The van der Waals surface area contributed by atoms with Gasteiger partial charge in [-0.05, 0) is 31.4 Å². The van der Waals surface area contributed by atoms with E-state index in [0.717, 1.165) is 51.3 Å². The number of aromatic nitrogens is 2. The highest BCUT2D eigenvalue weighted by Crippen LogP contribution is 2.20. The van der Waals surface area contributed by atoms with Crippen molar-refractivity contribution in [2.45, 2.75) is 39.3 Å². The van der Waals surface area contributed by atoms with Crippen molar-refractivity contribution < 1.29 is 4.79 Å². The van der Waals surface area contributed by atoms with E-state index in [1.165, 1.54) is 5.56 Å². The molecule has 3 rings (SSSR count). The quantitative estimate of drug-likeness (QED) is 0.887. The lowest BCUT2D eigenvalue weighted by molar-refractivity contribution is -0.121. The van der Waals surface area contributed by atoms with Crippen molar-refractivity contribution in [1.82, 2.24) is 14.7 Å². The minimum Gasteiger partial charge on any atom is -0.311 e. The van der Waals surface area contributed by atoms with Crippen LogP contribution in [0.3, 0.4) is 0 Å². The highest BCUT2D eigenvalue weighted by atomic mass is 16.2. The number of nitrogens with zero attached hydrogens (tertiary/aromatic N) is 3. The van der Waals surface area contributed by atoms with Gasteiger partial charge in [0, 0.05) is 25.7 Å². The Hall–Kier alpha value is -2.14. The van der Waals surface area contributed by atoms with Crippen molar-refractivity contribution in [3.05, 3.63) is 48.2 Å². The van der Waals surface area contributed by atoms with Gasteiger partial charge in [-0.15, -0.1) is 0 Å². The van der Waals surface area contributed by atoms with Crippen LogP contribution in [-0.2, 0) is 17.9 Å². The maximum Gasteiger partial charge on any atom is 0.229 e. The monoisotopic (exact) mass is 326 g/mol. The van der Waals surface area contributed by atoms with Crippen LogP contribution in [0.4, 0.5) is 5.82 Å². The molecular formula is C19H26N4O. The fourth-order valence-corrected chi connectivity index (χ4v) is 3.31. The Kier molecular flexibility index (Phi) is 5.64. The summed E-state index contributed by atoms with van der Waals surface area (Å²) in [6, 6.07) is 12.3. The zero-order valence-electron chi connectivity index (χ0n) is 14.3. The average molecular weight is 326 g/mol. The standard InChI is InChI=1S/C19H26N4O/c1-2-12-23-18(10-11-20-23)21-19(24)17-9-6-13-22(15-17)14-16-7-4-3-5-8-16/h3-5,7-8,10-11,17H,2,6,9,12-15H2,1H3,(H,21,24). The molecule has 24 heavy (non-hydrogen) atoms. The van der Waals surface area contributed by atoms with Crippen molar-refractivity contribution in [3.63, 3.8) is 0 Å². The molecule has 2 aromatic rings. The molecule has 1 aliphatic heterocycles. The highest BCUT2D eigenvalue weighted by Gasteiger charge is 2.26. The van der Waals surface area contributed by atoms with Crippen LogP contribution in [0.1, 0.15) is 31.7 Å². The van der Waals surface area contributed by atoms with E-state index in [1.54, 1.807) is 6.20 Å². The lowest BCUT2D eigenvalue weighted by Crippen LogP contribution is -2.40. The van der Waals surface area contributed by atoms with E-state index in [1.807, 2.05) is 16.8 Å². The third-order valence-electron chi connectivity index (χ3n) is 4.53. The molecule has 1 unspecified atom stereocenters. The second kappa shape index (κ2) is 8.11. The van der Waals surface area contributed by atoms with Gasteiger partial charge in [-0.1, -0.05) is 37.3 Å². The minimum absolute atomic E-state index is 0.0486. The van der Waals surface area contributed by atoms with Crippen LogP contribution >= 0.6 is 0 Å². The number of anilines is 1. The third-order valence-corrected chi connectivity index (χ3v) is 4.53. The van der Waals surface area contributed by atoms with E-state index < -0.39 is 0 Å². The van der Waals surface area contributed by atoms with Crippen molar-refractivity contribution in [2.75, 3.05) is 18.4 Å². The predicted molar refractivity (Wildman–Crippen MR) is 95.6 cm³/mol. The Bertz CT molecular complexity index is 652. The first-order valence-corrected chi connectivity index (χ1v) is 8.85. The molecule has 0 saturated carbocycles. The molecule has 0 aliphatic carbocycles. The SMILES string of the molecule is CCCn1nccc1NC(=O)C1CCCN(Cc2ccccc2)C1. The molecule has 1 fully saturated rings. The first-order valence-electron chi connectivity index (χ1n) is 8.85. The van der Waals surface area contributed by atoms with Gasteiger partial charge in [-0.2, -0.15) is 5.10 Å². The Morgan fingerprint density at radius 2 is 2.12 bits per heavy atom. The number of piperidine rings is 1. The predicted octanol–water partition coefficient (Wildman–Crippen LogP) is 3.14. The summed E-state index contributed by atoms with van der Waals surface area (Å²) in [7, 11) is 0. The lowest BCUT2D eigenvalue weighted by Gasteiger charge is -2.32. The normalized spacial score (nSPS) is 18.5. The van der Waals surface area contributed by atoms with Gasteiger partial charge in [0.1, 0.15) is 5.82 Å². The van der Waals surface area contributed by atoms with E-state index in [4.69, 9.17) is 0 Å². The Labute approximate surface area is 143 Å². The Balaban J connectivity index is 1.57. The Morgan fingerprint density at radius 3 is 2.92 bits per heavy atom. The fraction of sp³-hybridized carbons (Fsp3) is 0.474. The summed E-state index contributed by atoms with van der Waals surface area (Å²) < 4.78 is 1.86. The summed E-state index contributed by atoms with van der Waals surface area (Å²) in [4.78, 5) is 15.0. The first kappa shape index (κ1) is 16.7. The van der Waals surface area contributed by atoms with Crippen LogP contribution in [0.2, 0.25) is 0 Å². The van der Waals surface area contributed by atoms with Crippen molar-refractivity contribution in [3.8, 4) is 0 Å². The van der Waals surface area contributed by atoms with Crippen molar-refractivity contribution in [2.24, 2.45) is 5.92 Å². The molecule has 1 amide bonds. The van der Waals surface area contributed by atoms with E-state index >= 15 is 0 Å². The Morgan fingerprint density at radius 1 is 1.29 bits per heavy atom. The molecule has 1 aromatic heterocycles. The molecule has 1 saturated heterocycles. The van der Waals surface area contributed by atoms with Gasteiger partial charge in [0.05, 0.1) is 12.1 Å². The summed E-state index contributed by atoms with van der Waals surface area (Å²) in [6.45, 7) is 5.73. The molecule has 0 radical (unpaired) electrons. The van der Waals surface area contributed by atoms with Gasteiger partial charge in [0.15, 0.2) is 0 Å². The van der Waals surface area contributed by atoms with E-state index in [9.17, 15) is 4.79 Å². The molecule has 1 N–H and O–H groups in total. The van der Waals surface area contributed by atoms with Gasteiger partial charge < -0.3 is 5.32 Å². The summed E-state index contributed by atoms with van der Waals surface area (Å²) in [5.74, 6) is 0.972. The molecule has 1 aliphatic rings. The number of carbonyl (C=O) groups excluding carboxylic acids is 1. The second-order valence-corrected chi connectivity index (χ2v) is 6.49. The number of carbonyl (C=O) groups is 1. The number of aryl methyl sites for hydroxylation is 1. The molecule has 2 heterocycles. The van der Waals surface area contributed by atoms with Crippen LogP contribution in [0, 0.1) is 5.92 Å². The minimum atomic E-state index is 0.0486. The number of hydrogen-bond acceptors (Lipinski definition) is 3. The topological polar surface area (TPSA) is 50.2 Å². The summed E-state index contributed by atoms with van der Waals surface area (Å²) in [5, 5.41) is 7.33. The van der Waals surface area contributed by atoms with Crippen LogP contribution in [0.15, 0.2) is 42.6 Å². The average Bonchev–Trinajstić information content (AvgIpc) is 3.03. The van der Waals surface area contributed by atoms with Gasteiger partial charge in [-0.3, -0.25) is 9.69 Å². The lowest BCUT2D eigenvalue weighted by atomic mass is 9.96. The highest BCUT2D eigenvalue weighted by molar-refractivity contribution is 5.92. The number of amides is 1. The summed E-state index contributed by atoms with van der Waals surface area (Å²) in [5.41, 5.74) is 1.31. The fourth-order valence-electron chi connectivity index (χ4n) is 3.31. The largest absolute Gasteiger partial charge is 0.311 e. The van der Waals surface area contributed by atoms with E-state index in [0.29, 0.717) is 0 Å². The van der Waals surface area contributed by atoms with Crippen molar-refractivity contribution in [1.29, 1.82) is 0 Å². The number of rotatable bonds is 6. The van der Waals surface area contributed by atoms with Crippen LogP contribution < -0.4 is 5.32 Å². The van der Waals surface area contributed by atoms with E-state index in [-0.39, 0.29) is 11.8 Å². The van der Waals surface area contributed by atoms with E-state index in [2.05, 4.69) is 46.5 Å². The summed E-state index contributed by atoms with van der Waals surface area (Å²) in [6.07, 6.45) is 4.77. The first-order chi connectivity index (χ1) is 11.8. The number of benzene rings is 1. The second-order valence-electron chi connectivity index (χ2n) is 6.49. The van der Waals surface area contributed by atoms with Crippen LogP contribution in [0.5, 0.6) is 0 Å². The maximum atomic E-state index is 12.6. The van der Waals surface area contributed by atoms with Gasteiger partial charge in [0.25, 0.3) is 0 Å². The number of nitrogens with one attached hydrogen (secondary N) is 1. The number of hydrogen-bond donors (Lipinski definition) is 1. The van der Waals surface area contributed by atoms with Crippen LogP contribution in [0.25, 0.3) is 0 Å². The molecule has 5 heteroatoms. The molecule has 5 nitrogen and oxygen atoms in total. The molecular weight excluding hydrogens is 300 g/mol. The maximum absolute atomic E-state index is 12.6. The molecule has 1 aromatic carbocycles. The van der Waals surface area contributed by atoms with Gasteiger partial charge in [0.2, 0.25) is 5.91 Å². The molecule has 0 spiro atoms. The molecule has 0 bridgehead atoms. The molecule has 128 valence electrons.